The number of ether oxygens (including phenoxy) is 2. The zero-order chi connectivity index (χ0) is 16.7. The Bertz CT molecular complexity index is 674. The lowest BCUT2D eigenvalue weighted by molar-refractivity contribution is 0.326. The van der Waals surface area contributed by atoms with Crippen LogP contribution < -0.4 is 14.8 Å². The minimum atomic E-state index is 0.375. The highest BCUT2D eigenvalue weighted by molar-refractivity contribution is 6.32. The van der Waals surface area contributed by atoms with Crippen LogP contribution in [0.2, 0.25) is 10.0 Å². The van der Waals surface area contributed by atoms with Gasteiger partial charge in [-0.3, -0.25) is 0 Å². The first kappa shape index (κ1) is 17.7. The quantitative estimate of drug-likeness (QED) is 0.689. The maximum Gasteiger partial charge on any atom is 0.180 e. The van der Waals surface area contributed by atoms with E-state index in [2.05, 4.69) is 11.9 Å². The van der Waals surface area contributed by atoms with Crippen molar-refractivity contribution >= 4 is 23.2 Å². The lowest BCUT2D eigenvalue weighted by Crippen LogP contribution is -2.13. The van der Waals surface area contributed by atoms with Gasteiger partial charge in [-0.2, -0.15) is 0 Å². The molecule has 0 fully saturated rings. The number of benzene rings is 2. The monoisotopic (exact) mass is 351 g/mol. The Hall–Kier alpha value is -1.68. The van der Waals surface area contributed by atoms with Gasteiger partial charge in [0, 0.05) is 18.1 Å². The summed E-state index contributed by atoms with van der Waals surface area (Å²) in [5.41, 5.74) is 2.06. The fourth-order valence-electron chi connectivity index (χ4n) is 2.14. The third-order valence-corrected chi connectivity index (χ3v) is 3.89. The largest absolute Gasteiger partial charge is 0.493 e. The number of rotatable bonds is 8. The molecule has 0 atom stereocenters. The Morgan fingerprint density at radius 2 is 1.91 bits per heavy atom. The molecule has 2 rings (SSSR count). The van der Waals surface area contributed by atoms with Crippen LogP contribution >= 0.6 is 23.2 Å². The molecule has 2 aromatic carbocycles. The van der Waals surface area contributed by atoms with Gasteiger partial charge in [-0.25, -0.2) is 0 Å². The van der Waals surface area contributed by atoms with E-state index in [1.54, 1.807) is 13.2 Å². The zero-order valence-corrected chi connectivity index (χ0v) is 14.5. The molecule has 0 saturated heterocycles. The number of methoxy groups -OCH3 is 1. The maximum atomic E-state index is 6.28. The van der Waals surface area contributed by atoms with E-state index in [-0.39, 0.29) is 0 Å². The fourth-order valence-corrected chi connectivity index (χ4v) is 2.63. The van der Waals surface area contributed by atoms with Gasteiger partial charge in [-0.1, -0.05) is 54.1 Å². The summed E-state index contributed by atoms with van der Waals surface area (Å²) in [5, 5.41) is 4.61. The standard InChI is InChI=1S/C18H19Cl2NO2/c1-3-8-23-18-16(20)9-13(10-17(18)22-2)11-21-12-14-6-4-5-7-15(14)19/h3-7,9-10,21H,1,8,11-12H2,2H3. The topological polar surface area (TPSA) is 30.5 Å². The molecule has 0 saturated carbocycles. The average molecular weight is 352 g/mol. The van der Waals surface area contributed by atoms with Crippen molar-refractivity contribution in [3.8, 4) is 11.5 Å². The zero-order valence-electron chi connectivity index (χ0n) is 12.9. The number of halogens is 2. The molecule has 1 N–H and O–H groups in total. The molecule has 23 heavy (non-hydrogen) atoms. The van der Waals surface area contributed by atoms with Gasteiger partial charge in [0.15, 0.2) is 11.5 Å². The molecule has 0 aliphatic carbocycles. The smallest absolute Gasteiger partial charge is 0.180 e. The van der Waals surface area contributed by atoms with E-state index in [4.69, 9.17) is 32.7 Å². The third-order valence-electron chi connectivity index (χ3n) is 3.24. The molecule has 0 aliphatic heterocycles. The lowest BCUT2D eigenvalue weighted by atomic mass is 10.2. The van der Waals surface area contributed by atoms with Gasteiger partial charge in [0.2, 0.25) is 0 Å². The van der Waals surface area contributed by atoms with E-state index in [0.717, 1.165) is 16.1 Å². The Labute approximate surface area is 146 Å². The highest BCUT2D eigenvalue weighted by Crippen LogP contribution is 2.36. The molecule has 0 aliphatic rings. The number of hydrogen-bond acceptors (Lipinski definition) is 3. The molecule has 122 valence electrons. The molecular weight excluding hydrogens is 333 g/mol. The van der Waals surface area contributed by atoms with E-state index in [9.17, 15) is 0 Å². The van der Waals surface area contributed by atoms with Gasteiger partial charge in [0.1, 0.15) is 6.61 Å². The van der Waals surface area contributed by atoms with Crippen molar-refractivity contribution in [2.75, 3.05) is 13.7 Å². The predicted octanol–water partition coefficient (Wildman–Crippen LogP) is 4.86. The van der Waals surface area contributed by atoms with E-state index in [1.807, 2.05) is 36.4 Å². The molecule has 0 spiro atoms. The second-order valence-corrected chi connectivity index (χ2v) is 5.72. The summed E-state index contributed by atoms with van der Waals surface area (Å²) < 4.78 is 10.9. The molecule has 5 heteroatoms. The number of hydrogen-bond donors (Lipinski definition) is 1. The minimum absolute atomic E-state index is 0.375. The SMILES string of the molecule is C=CCOc1c(Cl)cc(CNCc2ccccc2Cl)cc1OC. The first-order valence-corrected chi connectivity index (χ1v) is 7.95. The molecular formula is C18H19Cl2NO2. The van der Waals surface area contributed by atoms with E-state index >= 15 is 0 Å². The van der Waals surface area contributed by atoms with Crippen LogP contribution in [0, 0.1) is 0 Å². The maximum absolute atomic E-state index is 6.28. The van der Waals surface area contributed by atoms with Gasteiger partial charge in [0.05, 0.1) is 12.1 Å². The second kappa shape index (κ2) is 8.82. The molecule has 0 unspecified atom stereocenters. The van der Waals surface area contributed by atoms with Crippen molar-refractivity contribution in [1.29, 1.82) is 0 Å². The van der Waals surface area contributed by atoms with Crippen LogP contribution in [0.15, 0.2) is 49.1 Å². The second-order valence-electron chi connectivity index (χ2n) is 4.90. The van der Waals surface area contributed by atoms with Crippen LogP contribution in [0.1, 0.15) is 11.1 Å². The van der Waals surface area contributed by atoms with Crippen molar-refractivity contribution in [1.82, 2.24) is 5.32 Å². The van der Waals surface area contributed by atoms with Crippen LogP contribution in [0.3, 0.4) is 0 Å². The Balaban J connectivity index is 2.04. The minimum Gasteiger partial charge on any atom is -0.493 e. The number of nitrogens with one attached hydrogen (secondary N) is 1. The molecule has 0 aromatic heterocycles. The lowest BCUT2D eigenvalue weighted by Gasteiger charge is -2.14. The van der Waals surface area contributed by atoms with Gasteiger partial charge in [-0.15, -0.1) is 0 Å². The first-order valence-electron chi connectivity index (χ1n) is 7.20. The van der Waals surface area contributed by atoms with Gasteiger partial charge in [0.25, 0.3) is 0 Å². The van der Waals surface area contributed by atoms with Gasteiger partial charge < -0.3 is 14.8 Å². The predicted molar refractivity (Wildman–Crippen MR) is 95.7 cm³/mol. The highest BCUT2D eigenvalue weighted by Gasteiger charge is 2.11. The van der Waals surface area contributed by atoms with Crippen LogP contribution in [0.4, 0.5) is 0 Å². The van der Waals surface area contributed by atoms with Crippen LogP contribution in [0.25, 0.3) is 0 Å². The van der Waals surface area contributed by atoms with Crippen LogP contribution in [-0.2, 0) is 13.1 Å². The highest BCUT2D eigenvalue weighted by atomic mass is 35.5. The Morgan fingerprint density at radius 1 is 1.13 bits per heavy atom. The normalized spacial score (nSPS) is 10.4. The van der Waals surface area contributed by atoms with Gasteiger partial charge in [-0.05, 0) is 29.3 Å². The Kier molecular flexibility index (Phi) is 6.78. The summed E-state index contributed by atoms with van der Waals surface area (Å²) in [6.45, 7) is 5.32. The summed E-state index contributed by atoms with van der Waals surface area (Å²) >= 11 is 12.4. The third kappa shape index (κ3) is 4.90. The van der Waals surface area contributed by atoms with Crippen molar-refractivity contribution in [3.63, 3.8) is 0 Å². The molecule has 3 nitrogen and oxygen atoms in total. The van der Waals surface area contributed by atoms with E-state index in [0.29, 0.717) is 36.2 Å². The van der Waals surface area contributed by atoms with Gasteiger partial charge >= 0.3 is 0 Å². The molecule has 0 amide bonds. The van der Waals surface area contributed by atoms with Crippen molar-refractivity contribution in [2.45, 2.75) is 13.1 Å². The molecule has 0 bridgehead atoms. The molecule has 0 heterocycles. The average Bonchev–Trinajstić information content (AvgIpc) is 2.55. The summed E-state index contributed by atoms with van der Waals surface area (Å²) in [5.74, 6) is 1.14. The van der Waals surface area contributed by atoms with E-state index in [1.165, 1.54) is 0 Å². The van der Waals surface area contributed by atoms with Crippen molar-refractivity contribution < 1.29 is 9.47 Å². The first-order chi connectivity index (χ1) is 11.2. The summed E-state index contributed by atoms with van der Waals surface area (Å²) in [7, 11) is 1.59. The van der Waals surface area contributed by atoms with Crippen LogP contribution in [-0.4, -0.2) is 13.7 Å². The summed E-state index contributed by atoms with van der Waals surface area (Å²) in [6, 6.07) is 11.5. The molecule has 0 radical (unpaired) electrons. The summed E-state index contributed by atoms with van der Waals surface area (Å²) in [6.07, 6.45) is 1.66. The van der Waals surface area contributed by atoms with Crippen molar-refractivity contribution in [2.24, 2.45) is 0 Å². The van der Waals surface area contributed by atoms with Crippen molar-refractivity contribution in [3.05, 3.63) is 70.2 Å². The summed E-state index contributed by atoms with van der Waals surface area (Å²) in [4.78, 5) is 0. The Morgan fingerprint density at radius 3 is 2.61 bits per heavy atom. The van der Waals surface area contributed by atoms with Crippen LogP contribution in [0.5, 0.6) is 11.5 Å². The molecule has 2 aromatic rings. The van der Waals surface area contributed by atoms with E-state index < -0.39 is 0 Å². The fraction of sp³-hybridized carbons (Fsp3) is 0.222.